The summed E-state index contributed by atoms with van der Waals surface area (Å²) in [6.45, 7) is 10.2. The molecular formula is C27H28N2O3. The minimum absolute atomic E-state index is 0.139. The van der Waals surface area contributed by atoms with E-state index in [4.69, 9.17) is 4.74 Å². The van der Waals surface area contributed by atoms with Crippen LogP contribution in [0.4, 0.5) is 5.69 Å². The van der Waals surface area contributed by atoms with Crippen molar-refractivity contribution in [2.24, 2.45) is 0 Å². The molecule has 5 heteroatoms. The average Bonchev–Trinajstić information content (AvgIpc) is 3.06. The van der Waals surface area contributed by atoms with Gasteiger partial charge >= 0.3 is 5.97 Å². The lowest BCUT2D eigenvalue weighted by Crippen LogP contribution is -2.54. The van der Waals surface area contributed by atoms with Crippen molar-refractivity contribution in [2.75, 3.05) is 11.5 Å². The van der Waals surface area contributed by atoms with Crippen LogP contribution < -0.4 is 4.90 Å². The number of nitriles is 1. The van der Waals surface area contributed by atoms with Crippen LogP contribution in [0.1, 0.15) is 63.3 Å². The molecule has 0 radical (unpaired) electrons. The number of ether oxygens (including phenoxy) is 1. The van der Waals surface area contributed by atoms with E-state index in [0.717, 1.165) is 23.2 Å². The fraction of sp³-hybridized carbons (Fsp3) is 0.370. The zero-order chi connectivity index (χ0) is 23.3. The van der Waals surface area contributed by atoms with Gasteiger partial charge in [-0.2, -0.15) is 5.26 Å². The summed E-state index contributed by atoms with van der Waals surface area (Å²) >= 11 is 0. The lowest BCUT2D eigenvalue weighted by molar-refractivity contribution is -0.138. The molecule has 0 aliphatic carbocycles. The van der Waals surface area contributed by atoms with E-state index < -0.39 is 11.5 Å². The molecule has 0 aromatic heterocycles. The molecule has 0 saturated heterocycles. The number of esters is 1. The third kappa shape index (κ3) is 3.05. The molecule has 32 heavy (non-hydrogen) atoms. The zero-order valence-corrected chi connectivity index (χ0v) is 19.3. The summed E-state index contributed by atoms with van der Waals surface area (Å²) in [6, 6.07) is 16.4. The monoisotopic (exact) mass is 428 g/mol. The number of carbonyl (C=O) groups is 2. The van der Waals surface area contributed by atoms with Crippen molar-refractivity contribution >= 4 is 23.1 Å². The summed E-state index contributed by atoms with van der Waals surface area (Å²) in [7, 11) is 0. The van der Waals surface area contributed by atoms with E-state index in [1.807, 2.05) is 44.2 Å². The van der Waals surface area contributed by atoms with E-state index in [2.05, 4.69) is 32.0 Å². The van der Waals surface area contributed by atoms with E-state index in [1.165, 1.54) is 5.56 Å². The minimum Gasteiger partial charge on any atom is -0.462 e. The van der Waals surface area contributed by atoms with Crippen LogP contribution in [-0.2, 0) is 26.2 Å². The maximum Gasteiger partial charge on any atom is 0.349 e. The van der Waals surface area contributed by atoms with Crippen molar-refractivity contribution in [3.63, 3.8) is 0 Å². The van der Waals surface area contributed by atoms with Crippen molar-refractivity contribution in [3.05, 3.63) is 70.3 Å². The van der Waals surface area contributed by atoms with Crippen LogP contribution in [0, 0.1) is 11.3 Å². The molecule has 0 bridgehead atoms. The maximum absolute atomic E-state index is 13.8. The third-order valence-corrected chi connectivity index (χ3v) is 6.73. The second-order valence-corrected chi connectivity index (χ2v) is 9.30. The molecule has 2 aromatic carbocycles. The topological polar surface area (TPSA) is 70.4 Å². The number of anilines is 1. The number of rotatable bonds is 4. The fourth-order valence-corrected chi connectivity index (χ4v) is 5.41. The number of amides is 1. The molecule has 0 saturated carbocycles. The van der Waals surface area contributed by atoms with Gasteiger partial charge in [-0.15, -0.1) is 0 Å². The Labute approximate surface area is 189 Å². The maximum atomic E-state index is 13.8. The summed E-state index contributed by atoms with van der Waals surface area (Å²) in [6.07, 6.45) is 1.49. The molecule has 0 N–H and O–H groups in total. The first kappa shape index (κ1) is 21.8. The van der Waals surface area contributed by atoms with E-state index in [-0.39, 0.29) is 29.1 Å². The van der Waals surface area contributed by atoms with Crippen molar-refractivity contribution in [3.8, 4) is 6.07 Å². The van der Waals surface area contributed by atoms with Gasteiger partial charge in [0, 0.05) is 16.5 Å². The van der Waals surface area contributed by atoms with Gasteiger partial charge in [0.1, 0.15) is 6.07 Å². The second kappa shape index (κ2) is 7.63. The molecule has 2 aliphatic heterocycles. The first-order chi connectivity index (χ1) is 15.2. The van der Waals surface area contributed by atoms with Gasteiger partial charge < -0.3 is 9.64 Å². The number of hydrogen-bond acceptors (Lipinski definition) is 4. The van der Waals surface area contributed by atoms with Gasteiger partial charge in [0.25, 0.3) is 5.91 Å². The minimum atomic E-state index is -0.752. The summed E-state index contributed by atoms with van der Waals surface area (Å²) in [4.78, 5) is 28.1. The van der Waals surface area contributed by atoms with Gasteiger partial charge in [-0.3, -0.25) is 4.79 Å². The Balaban J connectivity index is 2.10. The van der Waals surface area contributed by atoms with Gasteiger partial charge in [0.05, 0.1) is 17.9 Å². The van der Waals surface area contributed by atoms with Crippen LogP contribution in [0.2, 0.25) is 0 Å². The largest absolute Gasteiger partial charge is 0.462 e. The number of aryl methyl sites for hydroxylation is 1. The van der Waals surface area contributed by atoms with E-state index in [1.54, 1.807) is 11.8 Å². The predicted octanol–water partition coefficient (Wildman–Crippen LogP) is 4.92. The average molecular weight is 429 g/mol. The van der Waals surface area contributed by atoms with E-state index >= 15 is 0 Å². The highest BCUT2D eigenvalue weighted by Crippen LogP contribution is 2.56. The summed E-state index contributed by atoms with van der Waals surface area (Å²) in [5, 5.41) is 9.83. The number of benzene rings is 2. The predicted molar refractivity (Wildman–Crippen MR) is 124 cm³/mol. The van der Waals surface area contributed by atoms with Gasteiger partial charge in [0.15, 0.2) is 5.57 Å². The highest BCUT2D eigenvalue weighted by Gasteiger charge is 2.53. The van der Waals surface area contributed by atoms with Crippen molar-refractivity contribution < 1.29 is 14.3 Å². The Kier molecular flexibility index (Phi) is 5.21. The molecule has 0 fully saturated rings. The van der Waals surface area contributed by atoms with Crippen molar-refractivity contribution in [1.29, 1.82) is 5.26 Å². The highest BCUT2D eigenvalue weighted by atomic mass is 16.5. The van der Waals surface area contributed by atoms with E-state index in [9.17, 15) is 14.9 Å². The van der Waals surface area contributed by atoms with Crippen LogP contribution in [0.25, 0.3) is 5.57 Å². The first-order valence-electron chi connectivity index (χ1n) is 11.1. The molecule has 2 aliphatic rings. The number of hydrogen-bond donors (Lipinski definition) is 0. The first-order valence-corrected chi connectivity index (χ1v) is 11.1. The van der Waals surface area contributed by atoms with Crippen LogP contribution in [-0.4, -0.2) is 24.0 Å². The quantitative estimate of drug-likeness (QED) is 0.394. The normalized spacial score (nSPS) is 22.2. The molecular weight excluding hydrogens is 400 g/mol. The van der Waals surface area contributed by atoms with Gasteiger partial charge in [-0.05, 0) is 56.4 Å². The summed E-state index contributed by atoms with van der Waals surface area (Å²) < 4.78 is 5.11. The Bertz CT molecular complexity index is 1190. The molecule has 2 aromatic rings. The second-order valence-electron chi connectivity index (χ2n) is 9.30. The Morgan fingerprint density at radius 3 is 2.44 bits per heavy atom. The molecule has 5 nitrogen and oxygen atoms in total. The van der Waals surface area contributed by atoms with Crippen LogP contribution >= 0.6 is 0 Å². The standard InChI is InChI=1S/C27H28N2O3/c1-6-17-13-19-22(20(15-28)25(31)32-7-2)24(30)29-23(19)21(14-17)27(5,16-26(29,3)4)18-11-9-8-10-12-18/h8-14H,6-7,16H2,1-5H3. The number of carbonyl (C=O) groups excluding carboxylic acids is 2. The van der Waals surface area contributed by atoms with Gasteiger partial charge in [-0.1, -0.05) is 50.2 Å². The zero-order valence-electron chi connectivity index (χ0n) is 19.3. The molecule has 1 amide bonds. The molecule has 1 atom stereocenters. The Morgan fingerprint density at radius 1 is 1.16 bits per heavy atom. The number of nitrogens with zero attached hydrogens (tertiary/aromatic N) is 2. The molecule has 164 valence electrons. The molecule has 0 spiro atoms. The summed E-state index contributed by atoms with van der Waals surface area (Å²) in [5.74, 6) is -1.06. The van der Waals surface area contributed by atoms with Crippen LogP contribution in [0.15, 0.2) is 48.0 Å². The Hall–Kier alpha value is -3.39. The van der Waals surface area contributed by atoms with E-state index in [0.29, 0.717) is 12.0 Å². The SMILES string of the molecule is CCOC(=O)C(C#N)=C1C(=O)N2c3c1cc(CC)cc3C(C)(c1ccccc1)CC2(C)C. The third-order valence-electron chi connectivity index (χ3n) is 6.73. The molecule has 1 unspecified atom stereocenters. The van der Waals surface area contributed by atoms with Crippen LogP contribution in [0.5, 0.6) is 0 Å². The molecule has 4 rings (SSSR count). The molecule has 2 heterocycles. The van der Waals surface area contributed by atoms with Gasteiger partial charge in [-0.25, -0.2) is 4.79 Å². The van der Waals surface area contributed by atoms with Crippen molar-refractivity contribution in [2.45, 2.75) is 58.4 Å². The fourth-order valence-electron chi connectivity index (χ4n) is 5.41. The highest BCUT2D eigenvalue weighted by molar-refractivity contribution is 6.37. The smallest absolute Gasteiger partial charge is 0.349 e. The lowest BCUT2D eigenvalue weighted by atomic mass is 9.65. The van der Waals surface area contributed by atoms with Gasteiger partial charge in [0.2, 0.25) is 0 Å². The Morgan fingerprint density at radius 2 is 1.84 bits per heavy atom. The van der Waals surface area contributed by atoms with Crippen molar-refractivity contribution in [1.82, 2.24) is 0 Å². The van der Waals surface area contributed by atoms with Crippen LogP contribution in [0.3, 0.4) is 0 Å². The summed E-state index contributed by atoms with van der Waals surface area (Å²) in [5.41, 5.74) is 3.85. The lowest BCUT2D eigenvalue weighted by Gasteiger charge is -2.50.